The Labute approximate surface area is 106 Å². The fourth-order valence-electron chi connectivity index (χ4n) is 2.48. The predicted molar refractivity (Wildman–Crippen MR) is 67.8 cm³/mol. The van der Waals surface area contributed by atoms with Gasteiger partial charge in [-0.2, -0.15) is 0 Å². The van der Waals surface area contributed by atoms with Crippen LogP contribution in [-0.2, 0) is 0 Å². The maximum Gasteiger partial charge on any atom is 0.335 e. The van der Waals surface area contributed by atoms with E-state index >= 15 is 0 Å². The molecular formula is C14H17NO3. The molecule has 1 N–H and O–H groups in total. The van der Waals surface area contributed by atoms with Crippen LogP contribution in [0.4, 0.5) is 0 Å². The van der Waals surface area contributed by atoms with Gasteiger partial charge in [0.05, 0.1) is 5.56 Å². The molecule has 1 aliphatic heterocycles. The van der Waals surface area contributed by atoms with Crippen molar-refractivity contribution in [1.29, 1.82) is 0 Å². The molecule has 1 fully saturated rings. The molecule has 1 atom stereocenters. The summed E-state index contributed by atoms with van der Waals surface area (Å²) in [6, 6.07) is 6.55. The number of carbonyl (C=O) groups excluding carboxylic acids is 1. The molecule has 1 amide bonds. The maximum atomic E-state index is 12.3. The summed E-state index contributed by atoms with van der Waals surface area (Å²) in [5.74, 6) is -1.06. The van der Waals surface area contributed by atoms with Crippen molar-refractivity contribution in [3.63, 3.8) is 0 Å². The van der Waals surface area contributed by atoms with Crippen molar-refractivity contribution in [2.75, 3.05) is 6.54 Å². The van der Waals surface area contributed by atoms with E-state index in [1.54, 1.807) is 12.1 Å². The number of hydrogen-bond donors (Lipinski definition) is 1. The van der Waals surface area contributed by atoms with Gasteiger partial charge >= 0.3 is 5.97 Å². The van der Waals surface area contributed by atoms with Crippen molar-refractivity contribution in [1.82, 2.24) is 4.90 Å². The van der Waals surface area contributed by atoms with Crippen molar-refractivity contribution in [2.24, 2.45) is 0 Å². The van der Waals surface area contributed by atoms with E-state index < -0.39 is 5.97 Å². The summed E-state index contributed by atoms with van der Waals surface area (Å²) in [6.45, 7) is 2.85. The van der Waals surface area contributed by atoms with Gasteiger partial charge in [0, 0.05) is 18.2 Å². The first-order valence-electron chi connectivity index (χ1n) is 6.27. The quantitative estimate of drug-likeness (QED) is 0.892. The van der Waals surface area contributed by atoms with E-state index in [9.17, 15) is 9.59 Å². The number of carboxylic acid groups (broad SMARTS) is 1. The number of carboxylic acids is 1. The van der Waals surface area contributed by atoms with Crippen molar-refractivity contribution in [2.45, 2.75) is 32.2 Å². The van der Waals surface area contributed by atoms with Crippen LogP contribution in [0, 0.1) is 0 Å². The molecule has 18 heavy (non-hydrogen) atoms. The van der Waals surface area contributed by atoms with Gasteiger partial charge in [-0.25, -0.2) is 4.79 Å². The number of aromatic carboxylic acids is 1. The second-order valence-electron chi connectivity index (χ2n) is 4.59. The Morgan fingerprint density at radius 3 is 2.78 bits per heavy atom. The van der Waals surface area contributed by atoms with E-state index in [1.165, 1.54) is 12.1 Å². The lowest BCUT2D eigenvalue weighted by atomic mass is 10.1. The topological polar surface area (TPSA) is 57.6 Å². The fourth-order valence-corrected chi connectivity index (χ4v) is 2.48. The van der Waals surface area contributed by atoms with Crippen molar-refractivity contribution < 1.29 is 14.7 Å². The van der Waals surface area contributed by atoms with Crippen LogP contribution in [-0.4, -0.2) is 34.5 Å². The Bertz CT molecular complexity index is 470. The molecule has 1 saturated heterocycles. The van der Waals surface area contributed by atoms with Crippen LogP contribution in [0.2, 0.25) is 0 Å². The maximum absolute atomic E-state index is 12.3. The van der Waals surface area contributed by atoms with E-state index in [4.69, 9.17) is 5.11 Å². The summed E-state index contributed by atoms with van der Waals surface area (Å²) in [4.78, 5) is 25.1. The second kappa shape index (κ2) is 5.21. The summed E-state index contributed by atoms with van der Waals surface area (Å²) < 4.78 is 0. The Balaban J connectivity index is 2.23. The van der Waals surface area contributed by atoms with E-state index in [0.29, 0.717) is 11.6 Å². The van der Waals surface area contributed by atoms with Crippen LogP contribution in [0.1, 0.15) is 46.9 Å². The lowest BCUT2D eigenvalue weighted by Crippen LogP contribution is -2.35. The number of hydrogen-bond acceptors (Lipinski definition) is 2. The van der Waals surface area contributed by atoms with Crippen molar-refractivity contribution in [3.8, 4) is 0 Å². The monoisotopic (exact) mass is 247 g/mol. The zero-order valence-corrected chi connectivity index (χ0v) is 10.4. The van der Waals surface area contributed by atoms with Gasteiger partial charge in [-0.15, -0.1) is 0 Å². The predicted octanol–water partition coefficient (Wildman–Crippen LogP) is 2.40. The lowest BCUT2D eigenvalue weighted by Gasteiger charge is -2.23. The minimum atomic E-state index is -1.00. The highest BCUT2D eigenvalue weighted by Gasteiger charge is 2.28. The number of nitrogens with zero attached hydrogens (tertiary/aromatic N) is 1. The first-order valence-corrected chi connectivity index (χ1v) is 6.27. The molecular weight excluding hydrogens is 230 g/mol. The number of amides is 1. The van der Waals surface area contributed by atoms with Crippen LogP contribution >= 0.6 is 0 Å². The van der Waals surface area contributed by atoms with Crippen molar-refractivity contribution in [3.05, 3.63) is 35.4 Å². The third-order valence-electron chi connectivity index (χ3n) is 3.47. The second-order valence-corrected chi connectivity index (χ2v) is 4.59. The zero-order valence-electron chi connectivity index (χ0n) is 10.4. The van der Waals surface area contributed by atoms with Gasteiger partial charge in [0.2, 0.25) is 0 Å². The van der Waals surface area contributed by atoms with Crippen LogP contribution in [0.25, 0.3) is 0 Å². The molecule has 4 heteroatoms. The van der Waals surface area contributed by atoms with Gasteiger partial charge in [0.1, 0.15) is 0 Å². The minimum Gasteiger partial charge on any atom is -0.478 e. The normalized spacial score (nSPS) is 18.9. The molecule has 0 radical (unpaired) electrons. The van der Waals surface area contributed by atoms with Gasteiger partial charge < -0.3 is 10.0 Å². The molecule has 0 spiro atoms. The molecule has 2 rings (SSSR count). The summed E-state index contributed by atoms with van der Waals surface area (Å²) in [5.41, 5.74) is 0.628. The average Bonchev–Trinajstić information content (AvgIpc) is 2.86. The highest BCUT2D eigenvalue weighted by atomic mass is 16.4. The highest BCUT2D eigenvalue weighted by Crippen LogP contribution is 2.22. The zero-order chi connectivity index (χ0) is 13.1. The first-order chi connectivity index (χ1) is 8.63. The van der Waals surface area contributed by atoms with Crippen LogP contribution < -0.4 is 0 Å². The van der Waals surface area contributed by atoms with Gasteiger partial charge in [0.15, 0.2) is 0 Å². The molecule has 0 aliphatic carbocycles. The van der Waals surface area contributed by atoms with Gasteiger partial charge in [-0.05, 0) is 37.5 Å². The highest BCUT2D eigenvalue weighted by molar-refractivity contribution is 5.97. The average molecular weight is 247 g/mol. The summed E-state index contributed by atoms with van der Waals surface area (Å²) in [7, 11) is 0. The fraction of sp³-hybridized carbons (Fsp3) is 0.429. The number of benzene rings is 1. The Kier molecular flexibility index (Phi) is 3.65. The summed E-state index contributed by atoms with van der Waals surface area (Å²) in [5, 5.41) is 8.93. The lowest BCUT2D eigenvalue weighted by molar-refractivity contribution is 0.0697. The van der Waals surface area contributed by atoms with Crippen LogP contribution in [0.5, 0.6) is 0 Å². The molecule has 96 valence electrons. The van der Waals surface area contributed by atoms with Gasteiger partial charge in [0.25, 0.3) is 5.91 Å². The third kappa shape index (κ3) is 2.37. The van der Waals surface area contributed by atoms with E-state index in [-0.39, 0.29) is 11.5 Å². The van der Waals surface area contributed by atoms with E-state index in [1.807, 2.05) is 4.90 Å². The van der Waals surface area contributed by atoms with E-state index in [2.05, 4.69) is 6.92 Å². The molecule has 1 aromatic carbocycles. The standard InChI is InChI=1S/C14H17NO3/c1-2-12-7-4-8-15(12)13(16)10-5-3-6-11(9-10)14(17)18/h3,5-6,9,12H,2,4,7-8H2,1H3,(H,17,18)/t12-/m0/s1. The summed E-state index contributed by atoms with van der Waals surface area (Å²) >= 11 is 0. The summed E-state index contributed by atoms with van der Waals surface area (Å²) in [6.07, 6.45) is 3.02. The van der Waals surface area contributed by atoms with Crippen molar-refractivity contribution >= 4 is 11.9 Å². The number of rotatable bonds is 3. The molecule has 1 heterocycles. The minimum absolute atomic E-state index is 0.0533. The molecule has 0 saturated carbocycles. The Morgan fingerprint density at radius 2 is 2.11 bits per heavy atom. The molecule has 4 nitrogen and oxygen atoms in total. The third-order valence-corrected chi connectivity index (χ3v) is 3.47. The molecule has 0 aromatic heterocycles. The SMILES string of the molecule is CC[C@H]1CCCN1C(=O)c1cccc(C(=O)O)c1. The van der Waals surface area contributed by atoms with Gasteiger partial charge in [-0.1, -0.05) is 13.0 Å². The van der Waals surface area contributed by atoms with E-state index in [0.717, 1.165) is 25.8 Å². The molecule has 0 bridgehead atoms. The van der Waals surface area contributed by atoms with Gasteiger partial charge in [-0.3, -0.25) is 4.79 Å². The Hall–Kier alpha value is -1.84. The van der Waals surface area contributed by atoms with Crippen LogP contribution in [0.15, 0.2) is 24.3 Å². The largest absolute Gasteiger partial charge is 0.478 e. The first kappa shape index (κ1) is 12.6. The molecule has 1 aromatic rings. The van der Waals surface area contributed by atoms with Crippen LogP contribution in [0.3, 0.4) is 0 Å². The smallest absolute Gasteiger partial charge is 0.335 e. The number of likely N-dealkylation sites (tertiary alicyclic amines) is 1. The molecule has 0 unspecified atom stereocenters. The Morgan fingerprint density at radius 1 is 1.39 bits per heavy atom. The number of carbonyl (C=O) groups is 2. The molecule has 1 aliphatic rings.